The van der Waals surface area contributed by atoms with E-state index in [0.717, 1.165) is 10.0 Å². The molecule has 4 nitrogen and oxygen atoms in total. The molecular formula is C14H13BrN2O2. The van der Waals surface area contributed by atoms with Crippen molar-refractivity contribution in [3.8, 4) is 5.75 Å². The molecule has 0 radical (unpaired) electrons. The Morgan fingerprint density at radius 1 is 1.21 bits per heavy atom. The van der Waals surface area contributed by atoms with Crippen molar-refractivity contribution in [3.63, 3.8) is 0 Å². The minimum Gasteiger partial charge on any atom is -0.507 e. The van der Waals surface area contributed by atoms with Crippen LogP contribution in [0.3, 0.4) is 0 Å². The van der Waals surface area contributed by atoms with Crippen molar-refractivity contribution in [2.45, 2.75) is 6.54 Å². The minimum absolute atomic E-state index is 0.0517. The summed E-state index contributed by atoms with van der Waals surface area (Å²) in [6, 6.07) is 12.0. The van der Waals surface area contributed by atoms with Gasteiger partial charge in [-0.15, -0.1) is 0 Å². The number of nitrogens with one attached hydrogen (secondary N) is 1. The lowest BCUT2D eigenvalue weighted by molar-refractivity contribution is 0.0948. The number of halogens is 1. The number of carbonyl (C=O) groups is 1. The Morgan fingerprint density at radius 2 is 1.89 bits per heavy atom. The number of rotatable bonds is 3. The van der Waals surface area contributed by atoms with Gasteiger partial charge in [0.1, 0.15) is 5.75 Å². The average molecular weight is 321 g/mol. The van der Waals surface area contributed by atoms with Gasteiger partial charge in [-0.3, -0.25) is 4.79 Å². The highest BCUT2D eigenvalue weighted by Gasteiger charge is 2.10. The Kier molecular flexibility index (Phi) is 4.06. The lowest BCUT2D eigenvalue weighted by Crippen LogP contribution is -2.22. The molecule has 98 valence electrons. The van der Waals surface area contributed by atoms with E-state index in [9.17, 15) is 9.90 Å². The molecule has 0 saturated carbocycles. The Bertz CT molecular complexity index is 597. The standard InChI is InChI=1S/C14H13BrN2O2/c15-10-3-6-12(13(18)7-10)14(19)17-8-9-1-4-11(16)5-2-9/h1-7,18H,8,16H2,(H,17,19). The molecule has 0 aromatic heterocycles. The number of phenolic OH excluding ortho intramolecular Hbond substituents is 1. The molecule has 2 aromatic carbocycles. The summed E-state index contributed by atoms with van der Waals surface area (Å²) in [4.78, 5) is 11.9. The average Bonchev–Trinajstić information content (AvgIpc) is 2.37. The van der Waals surface area contributed by atoms with Crippen LogP contribution >= 0.6 is 15.9 Å². The summed E-state index contributed by atoms with van der Waals surface area (Å²) in [5.74, 6) is -0.369. The summed E-state index contributed by atoms with van der Waals surface area (Å²) < 4.78 is 0.722. The Hall–Kier alpha value is -2.01. The largest absolute Gasteiger partial charge is 0.507 e. The molecule has 0 fully saturated rings. The number of benzene rings is 2. The number of nitrogens with two attached hydrogens (primary N) is 1. The van der Waals surface area contributed by atoms with Gasteiger partial charge in [-0.2, -0.15) is 0 Å². The van der Waals surface area contributed by atoms with Crippen LogP contribution in [0.15, 0.2) is 46.9 Å². The molecule has 4 N–H and O–H groups in total. The molecule has 0 unspecified atom stereocenters. The van der Waals surface area contributed by atoms with E-state index in [1.165, 1.54) is 6.07 Å². The molecule has 0 aliphatic carbocycles. The summed E-state index contributed by atoms with van der Waals surface area (Å²) in [5.41, 5.74) is 7.46. The molecule has 2 aromatic rings. The third-order valence-electron chi connectivity index (χ3n) is 2.64. The lowest BCUT2D eigenvalue weighted by Gasteiger charge is -2.07. The second kappa shape index (κ2) is 5.75. The van der Waals surface area contributed by atoms with Gasteiger partial charge in [-0.25, -0.2) is 0 Å². The van der Waals surface area contributed by atoms with Crippen molar-refractivity contribution in [2.75, 3.05) is 5.73 Å². The third kappa shape index (κ3) is 3.48. The number of hydrogen-bond acceptors (Lipinski definition) is 3. The van der Waals surface area contributed by atoms with Gasteiger partial charge >= 0.3 is 0 Å². The molecule has 5 heteroatoms. The number of hydrogen-bond donors (Lipinski definition) is 3. The fraction of sp³-hybridized carbons (Fsp3) is 0.0714. The minimum atomic E-state index is -0.318. The predicted octanol–water partition coefficient (Wildman–Crippen LogP) is 2.67. The predicted molar refractivity (Wildman–Crippen MR) is 77.8 cm³/mol. The van der Waals surface area contributed by atoms with Crippen LogP contribution in [0.25, 0.3) is 0 Å². The summed E-state index contributed by atoms with van der Waals surface area (Å²) in [6.07, 6.45) is 0. The summed E-state index contributed by atoms with van der Waals surface area (Å²) in [6.45, 7) is 0.384. The van der Waals surface area contributed by atoms with Crippen LogP contribution in [-0.4, -0.2) is 11.0 Å². The summed E-state index contributed by atoms with van der Waals surface area (Å²) in [5, 5.41) is 12.4. The topological polar surface area (TPSA) is 75.3 Å². The van der Waals surface area contributed by atoms with Crippen molar-refractivity contribution in [3.05, 3.63) is 58.1 Å². The van der Waals surface area contributed by atoms with Crippen LogP contribution in [0.2, 0.25) is 0 Å². The van der Waals surface area contributed by atoms with E-state index in [1.807, 2.05) is 12.1 Å². The van der Waals surface area contributed by atoms with E-state index < -0.39 is 0 Å². The first-order valence-corrected chi connectivity index (χ1v) is 6.46. The number of phenols is 1. The molecular weight excluding hydrogens is 308 g/mol. The van der Waals surface area contributed by atoms with Crippen LogP contribution in [0.4, 0.5) is 5.69 Å². The first kappa shape index (κ1) is 13.4. The number of carbonyl (C=O) groups excluding carboxylic acids is 1. The maximum absolute atomic E-state index is 11.9. The van der Waals surface area contributed by atoms with Crippen LogP contribution in [0.5, 0.6) is 5.75 Å². The molecule has 0 atom stereocenters. The smallest absolute Gasteiger partial charge is 0.255 e. The lowest BCUT2D eigenvalue weighted by atomic mass is 10.1. The number of amides is 1. The number of nitrogen functional groups attached to an aromatic ring is 1. The van der Waals surface area contributed by atoms with E-state index in [0.29, 0.717) is 12.2 Å². The highest BCUT2D eigenvalue weighted by atomic mass is 79.9. The Labute approximate surface area is 119 Å². The second-order valence-electron chi connectivity index (χ2n) is 4.09. The fourth-order valence-electron chi connectivity index (χ4n) is 1.61. The Morgan fingerprint density at radius 3 is 2.53 bits per heavy atom. The molecule has 0 heterocycles. The van der Waals surface area contributed by atoms with Crippen molar-refractivity contribution in [1.29, 1.82) is 0 Å². The first-order valence-electron chi connectivity index (χ1n) is 5.67. The number of anilines is 1. The van der Waals surface area contributed by atoms with Crippen molar-refractivity contribution in [2.24, 2.45) is 0 Å². The molecule has 2 rings (SSSR count). The molecule has 0 aliphatic heterocycles. The van der Waals surface area contributed by atoms with E-state index in [1.54, 1.807) is 24.3 Å². The van der Waals surface area contributed by atoms with Gasteiger partial charge in [0.25, 0.3) is 5.91 Å². The normalized spacial score (nSPS) is 10.2. The third-order valence-corrected chi connectivity index (χ3v) is 3.13. The molecule has 19 heavy (non-hydrogen) atoms. The van der Waals surface area contributed by atoms with E-state index in [2.05, 4.69) is 21.2 Å². The molecule has 1 amide bonds. The molecule has 0 aliphatic rings. The van der Waals surface area contributed by atoms with Gasteiger partial charge < -0.3 is 16.2 Å². The maximum Gasteiger partial charge on any atom is 0.255 e. The van der Waals surface area contributed by atoms with Crippen LogP contribution in [-0.2, 0) is 6.54 Å². The second-order valence-corrected chi connectivity index (χ2v) is 5.00. The van der Waals surface area contributed by atoms with E-state index >= 15 is 0 Å². The monoisotopic (exact) mass is 320 g/mol. The maximum atomic E-state index is 11.9. The number of aromatic hydroxyl groups is 1. The van der Waals surface area contributed by atoms with Gasteiger partial charge in [0, 0.05) is 16.7 Å². The van der Waals surface area contributed by atoms with E-state index in [4.69, 9.17) is 5.73 Å². The zero-order chi connectivity index (χ0) is 13.8. The van der Waals surface area contributed by atoms with Crippen molar-refractivity contribution in [1.82, 2.24) is 5.32 Å². The van der Waals surface area contributed by atoms with Crippen molar-refractivity contribution < 1.29 is 9.90 Å². The van der Waals surface area contributed by atoms with Gasteiger partial charge in [0.05, 0.1) is 5.56 Å². The summed E-state index contributed by atoms with van der Waals surface area (Å²) >= 11 is 3.22. The van der Waals surface area contributed by atoms with Gasteiger partial charge in [0.15, 0.2) is 0 Å². The van der Waals surface area contributed by atoms with Gasteiger partial charge in [-0.05, 0) is 35.9 Å². The molecule has 0 saturated heterocycles. The SMILES string of the molecule is Nc1ccc(CNC(=O)c2ccc(Br)cc2O)cc1. The zero-order valence-electron chi connectivity index (χ0n) is 10.1. The quantitative estimate of drug-likeness (QED) is 0.761. The molecule has 0 bridgehead atoms. The molecule has 0 spiro atoms. The first-order chi connectivity index (χ1) is 9.06. The van der Waals surface area contributed by atoms with Crippen LogP contribution in [0, 0.1) is 0 Å². The van der Waals surface area contributed by atoms with Crippen LogP contribution < -0.4 is 11.1 Å². The Balaban J connectivity index is 2.03. The van der Waals surface area contributed by atoms with Gasteiger partial charge in [0.2, 0.25) is 0 Å². The van der Waals surface area contributed by atoms with Crippen molar-refractivity contribution >= 4 is 27.5 Å². The van der Waals surface area contributed by atoms with Gasteiger partial charge in [-0.1, -0.05) is 28.1 Å². The fourth-order valence-corrected chi connectivity index (χ4v) is 1.96. The van der Waals surface area contributed by atoms with Crippen LogP contribution in [0.1, 0.15) is 15.9 Å². The highest BCUT2D eigenvalue weighted by molar-refractivity contribution is 9.10. The van der Waals surface area contributed by atoms with E-state index in [-0.39, 0.29) is 17.2 Å². The summed E-state index contributed by atoms with van der Waals surface area (Å²) in [7, 11) is 0. The highest BCUT2D eigenvalue weighted by Crippen LogP contribution is 2.22. The zero-order valence-corrected chi connectivity index (χ0v) is 11.6.